The minimum absolute atomic E-state index is 0.146. The molecule has 0 unspecified atom stereocenters. The molecule has 118 valence electrons. The van der Waals surface area contributed by atoms with Crippen molar-refractivity contribution in [3.8, 4) is 0 Å². The van der Waals surface area contributed by atoms with E-state index in [0.29, 0.717) is 10.4 Å². The van der Waals surface area contributed by atoms with Gasteiger partial charge in [-0.05, 0) is 36.9 Å². The summed E-state index contributed by atoms with van der Waals surface area (Å²) in [6, 6.07) is 8.70. The lowest BCUT2D eigenvalue weighted by Crippen LogP contribution is -2.34. The van der Waals surface area contributed by atoms with E-state index in [1.54, 1.807) is 31.2 Å². The van der Waals surface area contributed by atoms with Crippen LogP contribution in [0.4, 0.5) is 0 Å². The summed E-state index contributed by atoms with van der Waals surface area (Å²) < 4.78 is 26.9. The molecule has 0 aliphatic rings. The Balaban J connectivity index is 1.89. The maximum atomic E-state index is 12.2. The van der Waals surface area contributed by atoms with Gasteiger partial charge in [-0.1, -0.05) is 23.8 Å². The van der Waals surface area contributed by atoms with Gasteiger partial charge in [-0.2, -0.15) is 0 Å². The van der Waals surface area contributed by atoms with Gasteiger partial charge in [0, 0.05) is 13.1 Å². The molecule has 0 aliphatic carbocycles. The van der Waals surface area contributed by atoms with E-state index in [0.717, 1.165) is 5.56 Å². The zero-order valence-corrected chi connectivity index (χ0v) is 14.1. The van der Waals surface area contributed by atoms with Crippen molar-refractivity contribution in [3.63, 3.8) is 0 Å². The molecule has 1 amide bonds. The summed E-state index contributed by atoms with van der Waals surface area (Å²) in [5.74, 6) is -0.194. The molecule has 7 heteroatoms. The van der Waals surface area contributed by atoms with E-state index in [4.69, 9.17) is 0 Å². The normalized spacial score (nSPS) is 11.4. The standard InChI is InChI=1S/C15H18N2O3S2/c1-11-5-6-14(12(2)10-11)22(19,20)17-8-7-16-15(18)13-4-3-9-21-13/h3-6,9-10,17H,7-8H2,1-2H3,(H,16,18). The predicted molar refractivity (Wildman–Crippen MR) is 87.8 cm³/mol. The van der Waals surface area contributed by atoms with Crippen LogP contribution in [0.2, 0.25) is 0 Å². The number of hydrogen-bond acceptors (Lipinski definition) is 4. The van der Waals surface area contributed by atoms with Gasteiger partial charge in [0.05, 0.1) is 9.77 Å². The van der Waals surface area contributed by atoms with E-state index in [9.17, 15) is 13.2 Å². The van der Waals surface area contributed by atoms with Crippen LogP contribution in [0.5, 0.6) is 0 Å². The quantitative estimate of drug-likeness (QED) is 0.792. The highest BCUT2D eigenvalue weighted by molar-refractivity contribution is 7.89. The van der Waals surface area contributed by atoms with Crippen molar-refractivity contribution >= 4 is 27.3 Å². The molecule has 0 fully saturated rings. The van der Waals surface area contributed by atoms with Crippen LogP contribution in [0, 0.1) is 13.8 Å². The number of rotatable bonds is 6. The summed E-state index contributed by atoms with van der Waals surface area (Å²) in [7, 11) is -3.56. The first-order valence-electron chi connectivity index (χ1n) is 6.79. The molecule has 0 radical (unpaired) electrons. The summed E-state index contributed by atoms with van der Waals surface area (Å²) in [4.78, 5) is 12.6. The Morgan fingerprint density at radius 2 is 1.95 bits per heavy atom. The van der Waals surface area contributed by atoms with Crippen LogP contribution >= 0.6 is 11.3 Å². The summed E-state index contributed by atoms with van der Waals surface area (Å²) in [6.07, 6.45) is 0. The Bertz CT molecular complexity index is 753. The van der Waals surface area contributed by atoms with E-state index >= 15 is 0 Å². The average Bonchev–Trinajstić information content (AvgIpc) is 2.97. The fraction of sp³-hybridized carbons (Fsp3) is 0.267. The second-order valence-electron chi connectivity index (χ2n) is 4.90. The van der Waals surface area contributed by atoms with Crippen molar-refractivity contribution in [3.05, 3.63) is 51.7 Å². The van der Waals surface area contributed by atoms with Crippen LogP contribution < -0.4 is 10.0 Å². The lowest BCUT2D eigenvalue weighted by Gasteiger charge is -2.10. The molecular formula is C15H18N2O3S2. The second-order valence-corrected chi connectivity index (χ2v) is 7.58. The van der Waals surface area contributed by atoms with Crippen LogP contribution in [0.15, 0.2) is 40.6 Å². The van der Waals surface area contributed by atoms with Gasteiger partial charge >= 0.3 is 0 Å². The second kappa shape index (κ2) is 7.04. The number of amides is 1. The molecule has 2 aromatic rings. The van der Waals surface area contributed by atoms with Gasteiger partial charge in [0.15, 0.2) is 0 Å². The van der Waals surface area contributed by atoms with Gasteiger partial charge in [0.25, 0.3) is 5.91 Å². The molecule has 0 aliphatic heterocycles. The monoisotopic (exact) mass is 338 g/mol. The molecule has 1 aromatic heterocycles. The SMILES string of the molecule is Cc1ccc(S(=O)(=O)NCCNC(=O)c2cccs2)c(C)c1. The van der Waals surface area contributed by atoms with Gasteiger partial charge in [-0.15, -0.1) is 11.3 Å². The fourth-order valence-corrected chi connectivity index (χ4v) is 3.93. The summed E-state index contributed by atoms with van der Waals surface area (Å²) in [6.45, 7) is 4.06. The van der Waals surface area contributed by atoms with Crippen molar-refractivity contribution in [2.24, 2.45) is 0 Å². The molecule has 0 saturated heterocycles. The zero-order valence-electron chi connectivity index (χ0n) is 12.4. The molecule has 2 N–H and O–H groups in total. The average molecular weight is 338 g/mol. The Hall–Kier alpha value is -1.70. The van der Waals surface area contributed by atoms with Gasteiger partial charge in [0.2, 0.25) is 10.0 Å². The first-order chi connectivity index (χ1) is 10.4. The molecule has 5 nitrogen and oxygen atoms in total. The van der Waals surface area contributed by atoms with Crippen molar-refractivity contribution in [2.75, 3.05) is 13.1 Å². The third-order valence-corrected chi connectivity index (χ3v) is 5.56. The van der Waals surface area contributed by atoms with Crippen LogP contribution in [-0.4, -0.2) is 27.4 Å². The van der Waals surface area contributed by atoms with Gasteiger partial charge < -0.3 is 5.32 Å². The number of thiophene rings is 1. The Labute approximate surface area is 134 Å². The molecule has 22 heavy (non-hydrogen) atoms. The van der Waals surface area contributed by atoms with Crippen molar-refractivity contribution in [1.29, 1.82) is 0 Å². The topological polar surface area (TPSA) is 75.3 Å². The van der Waals surface area contributed by atoms with E-state index in [1.807, 2.05) is 18.4 Å². The van der Waals surface area contributed by atoms with Crippen molar-refractivity contribution in [1.82, 2.24) is 10.0 Å². The van der Waals surface area contributed by atoms with Crippen molar-refractivity contribution < 1.29 is 13.2 Å². The minimum Gasteiger partial charge on any atom is -0.350 e. The van der Waals surface area contributed by atoms with E-state index in [2.05, 4.69) is 10.0 Å². The summed E-state index contributed by atoms with van der Waals surface area (Å²) in [5.41, 5.74) is 1.72. The number of sulfonamides is 1. The smallest absolute Gasteiger partial charge is 0.261 e. The van der Waals surface area contributed by atoms with E-state index in [-0.39, 0.29) is 23.9 Å². The zero-order chi connectivity index (χ0) is 16.2. The largest absolute Gasteiger partial charge is 0.350 e. The van der Waals surface area contributed by atoms with Crippen LogP contribution in [0.25, 0.3) is 0 Å². The number of benzene rings is 1. The molecule has 1 aromatic carbocycles. The predicted octanol–water partition coefficient (Wildman–Crippen LogP) is 2.07. The first-order valence-corrected chi connectivity index (χ1v) is 9.15. The maximum Gasteiger partial charge on any atom is 0.261 e. The summed E-state index contributed by atoms with van der Waals surface area (Å²) in [5, 5.41) is 4.49. The van der Waals surface area contributed by atoms with Crippen LogP contribution in [-0.2, 0) is 10.0 Å². The van der Waals surface area contributed by atoms with Gasteiger partial charge in [0.1, 0.15) is 0 Å². The number of aryl methyl sites for hydroxylation is 2. The van der Waals surface area contributed by atoms with Crippen LogP contribution in [0.1, 0.15) is 20.8 Å². The highest BCUT2D eigenvalue weighted by Crippen LogP contribution is 2.15. The molecule has 0 saturated carbocycles. The number of nitrogens with one attached hydrogen (secondary N) is 2. The van der Waals surface area contributed by atoms with Crippen LogP contribution in [0.3, 0.4) is 0 Å². The molecule has 1 heterocycles. The molecule has 0 spiro atoms. The third-order valence-electron chi connectivity index (χ3n) is 3.07. The number of hydrogen-bond donors (Lipinski definition) is 2. The lowest BCUT2D eigenvalue weighted by atomic mass is 10.2. The minimum atomic E-state index is -3.56. The fourth-order valence-electron chi connectivity index (χ4n) is 2.03. The molecule has 0 atom stereocenters. The summed E-state index contributed by atoms with van der Waals surface area (Å²) >= 11 is 1.34. The Kier molecular flexibility index (Phi) is 5.33. The highest BCUT2D eigenvalue weighted by Gasteiger charge is 2.16. The van der Waals surface area contributed by atoms with E-state index < -0.39 is 10.0 Å². The lowest BCUT2D eigenvalue weighted by molar-refractivity contribution is 0.0958. The number of carbonyl (C=O) groups is 1. The Morgan fingerprint density at radius 1 is 1.18 bits per heavy atom. The first kappa shape index (κ1) is 16.7. The van der Waals surface area contributed by atoms with Crippen molar-refractivity contribution in [2.45, 2.75) is 18.7 Å². The molecular weight excluding hydrogens is 320 g/mol. The molecule has 2 rings (SSSR count). The van der Waals surface area contributed by atoms with Gasteiger partial charge in [-0.3, -0.25) is 4.79 Å². The highest BCUT2D eigenvalue weighted by atomic mass is 32.2. The van der Waals surface area contributed by atoms with Gasteiger partial charge in [-0.25, -0.2) is 13.1 Å². The van der Waals surface area contributed by atoms with E-state index in [1.165, 1.54) is 11.3 Å². The maximum absolute atomic E-state index is 12.2. The number of carbonyl (C=O) groups excluding carboxylic acids is 1. The Morgan fingerprint density at radius 3 is 2.59 bits per heavy atom. The third kappa shape index (κ3) is 4.16. The molecule has 0 bridgehead atoms.